The maximum atomic E-state index is 13.0. The van der Waals surface area contributed by atoms with E-state index in [2.05, 4.69) is 11.1 Å². The third-order valence-corrected chi connectivity index (χ3v) is 6.67. The fourth-order valence-electron chi connectivity index (χ4n) is 4.55. The standard InChI is InChI=1S/C18H21N3O3S/c1-25-16-11(9-19)8-12(15(22)20-16)17(23)21-10-18(5-3-6-18)14(21)13-4-2-7-24-13/h8,13-14H,2-7,10H2,1H3,(H,20,22). The van der Waals surface area contributed by atoms with E-state index in [1.165, 1.54) is 24.2 Å². The van der Waals surface area contributed by atoms with Crippen molar-refractivity contribution in [1.82, 2.24) is 9.88 Å². The SMILES string of the molecule is CSc1[nH]c(=O)c(C(=O)N2CC3(CCC3)C2C2CCCO2)cc1C#N. The van der Waals surface area contributed by atoms with Gasteiger partial charge in [-0.2, -0.15) is 5.26 Å². The van der Waals surface area contributed by atoms with E-state index in [0.717, 1.165) is 32.3 Å². The van der Waals surface area contributed by atoms with Crippen molar-refractivity contribution in [2.24, 2.45) is 5.41 Å². The number of thioether (sulfide) groups is 1. The lowest BCUT2D eigenvalue weighted by molar-refractivity contribution is -0.150. The second-order valence-electron chi connectivity index (χ2n) is 7.22. The van der Waals surface area contributed by atoms with Gasteiger partial charge in [-0.15, -0.1) is 11.8 Å². The molecule has 7 heteroatoms. The first-order chi connectivity index (χ1) is 12.1. The van der Waals surface area contributed by atoms with E-state index in [1.54, 1.807) is 11.2 Å². The molecule has 2 unspecified atom stereocenters. The zero-order valence-corrected chi connectivity index (χ0v) is 15.0. The van der Waals surface area contributed by atoms with Crippen molar-refractivity contribution in [2.45, 2.75) is 49.3 Å². The first kappa shape index (κ1) is 16.7. The summed E-state index contributed by atoms with van der Waals surface area (Å²) in [5, 5.41) is 9.78. The largest absolute Gasteiger partial charge is 0.376 e. The van der Waals surface area contributed by atoms with Crippen molar-refractivity contribution in [3.63, 3.8) is 0 Å². The molecule has 2 saturated heterocycles. The van der Waals surface area contributed by atoms with Crippen molar-refractivity contribution in [2.75, 3.05) is 19.4 Å². The van der Waals surface area contributed by atoms with Crippen LogP contribution < -0.4 is 5.56 Å². The monoisotopic (exact) mass is 359 g/mol. The van der Waals surface area contributed by atoms with E-state index in [-0.39, 0.29) is 29.0 Å². The second kappa shape index (κ2) is 6.19. The highest BCUT2D eigenvalue weighted by molar-refractivity contribution is 7.98. The molecule has 1 aromatic rings. The smallest absolute Gasteiger partial charge is 0.261 e. The fourth-order valence-corrected chi connectivity index (χ4v) is 5.07. The zero-order chi connectivity index (χ0) is 17.6. The molecule has 0 radical (unpaired) electrons. The van der Waals surface area contributed by atoms with E-state index >= 15 is 0 Å². The molecule has 3 heterocycles. The van der Waals surface area contributed by atoms with E-state index in [9.17, 15) is 14.9 Å². The van der Waals surface area contributed by atoms with Crippen LogP contribution in [0.3, 0.4) is 0 Å². The molecule has 0 bridgehead atoms. The Balaban J connectivity index is 1.65. The van der Waals surface area contributed by atoms with Crippen LogP contribution in [0.4, 0.5) is 0 Å². The van der Waals surface area contributed by atoms with Crippen LogP contribution in [0.25, 0.3) is 0 Å². The molecule has 1 saturated carbocycles. The van der Waals surface area contributed by atoms with Crippen LogP contribution in [-0.4, -0.2) is 47.3 Å². The summed E-state index contributed by atoms with van der Waals surface area (Å²) in [5.74, 6) is -0.275. The first-order valence-corrected chi connectivity index (χ1v) is 9.96. The maximum Gasteiger partial charge on any atom is 0.261 e. The highest BCUT2D eigenvalue weighted by atomic mass is 32.2. The van der Waals surface area contributed by atoms with E-state index < -0.39 is 5.56 Å². The van der Waals surface area contributed by atoms with Gasteiger partial charge in [0, 0.05) is 18.6 Å². The molecule has 4 rings (SSSR count). The number of carbonyl (C=O) groups excluding carboxylic acids is 1. The summed E-state index contributed by atoms with van der Waals surface area (Å²) < 4.78 is 5.88. The molecule has 2 aliphatic heterocycles. The number of likely N-dealkylation sites (tertiary alicyclic amines) is 1. The van der Waals surface area contributed by atoms with Gasteiger partial charge in [0.05, 0.1) is 22.7 Å². The van der Waals surface area contributed by atoms with Crippen LogP contribution >= 0.6 is 11.8 Å². The minimum Gasteiger partial charge on any atom is -0.376 e. The van der Waals surface area contributed by atoms with Crippen molar-refractivity contribution in [3.8, 4) is 6.07 Å². The van der Waals surface area contributed by atoms with Gasteiger partial charge in [0.2, 0.25) is 0 Å². The number of rotatable bonds is 3. The lowest BCUT2D eigenvalue weighted by Gasteiger charge is -2.63. The van der Waals surface area contributed by atoms with Gasteiger partial charge in [0.25, 0.3) is 11.5 Å². The number of H-pyrrole nitrogens is 1. The van der Waals surface area contributed by atoms with Crippen LogP contribution in [-0.2, 0) is 4.74 Å². The molecule has 0 aromatic carbocycles. The van der Waals surface area contributed by atoms with Crippen molar-refractivity contribution >= 4 is 17.7 Å². The molecule has 3 fully saturated rings. The number of nitriles is 1. The Morgan fingerprint density at radius 1 is 1.48 bits per heavy atom. The molecule has 2 atom stereocenters. The third kappa shape index (κ3) is 2.51. The van der Waals surface area contributed by atoms with E-state index in [1.807, 2.05) is 0 Å². The van der Waals surface area contributed by atoms with Crippen LogP contribution in [0.2, 0.25) is 0 Å². The van der Waals surface area contributed by atoms with Gasteiger partial charge in [-0.1, -0.05) is 6.42 Å². The van der Waals surface area contributed by atoms with Gasteiger partial charge in [-0.05, 0) is 38.0 Å². The number of aromatic amines is 1. The van der Waals surface area contributed by atoms with E-state index in [4.69, 9.17) is 4.74 Å². The topological polar surface area (TPSA) is 86.2 Å². The number of pyridine rings is 1. The van der Waals surface area contributed by atoms with Crippen LogP contribution in [0.15, 0.2) is 15.9 Å². The molecule has 1 amide bonds. The molecule has 1 spiro atoms. The summed E-state index contributed by atoms with van der Waals surface area (Å²) in [6.07, 6.45) is 7.34. The predicted octanol–water partition coefficient (Wildman–Crippen LogP) is 2.14. The van der Waals surface area contributed by atoms with Crippen molar-refractivity contribution in [1.29, 1.82) is 5.26 Å². The second-order valence-corrected chi connectivity index (χ2v) is 8.03. The van der Waals surface area contributed by atoms with Crippen LogP contribution in [0.5, 0.6) is 0 Å². The summed E-state index contributed by atoms with van der Waals surface area (Å²) in [6.45, 7) is 1.45. The molecule has 1 aliphatic carbocycles. The normalized spacial score (nSPS) is 26.8. The van der Waals surface area contributed by atoms with Crippen molar-refractivity contribution in [3.05, 3.63) is 27.5 Å². The minimum atomic E-state index is -0.422. The average molecular weight is 359 g/mol. The van der Waals surface area contributed by atoms with Gasteiger partial charge in [-0.3, -0.25) is 9.59 Å². The summed E-state index contributed by atoms with van der Waals surface area (Å²) in [5.41, 5.74) is 0.165. The molecule has 25 heavy (non-hydrogen) atoms. The summed E-state index contributed by atoms with van der Waals surface area (Å²) in [6, 6.07) is 3.57. The minimum absolute atomic E-state index is 0.0616. The Morgan fingerprint density at radius 2 is 2.28 bits per heavy atom. The number of nitrogens with zero attached hydrogens (tertiary/aromatic N) is 2. The number of hydrogen-bond acceptors (Lipinski definition) is 5. The Labute approximate surface area is 150 Å². The molecule has 3 aliphatic rings. The number of carbonyl (C=O) groups is 1. The maximum absolute atomic E-state index is 13.0. The Bertz CT molecular complexity index is 803. The Kier molecular flexibility index (Phi) is 4.13. The number of nitrogens with one attached hydrogen (secondary N) is 1. The molecule has 1 N–H and O–H groups in total. The van der Waals surface area contributed by atoms with Crippen molar-refractivity contribution < 1.29 is 9.53 Å². The van der Waals surface area contributed by atoms with E-state index in [0.29, 0.717) is 17.1 Å². The lowest BCUT2D eigenvalue weighted by atomic mass is 9.56. The zero-order valence-electron chi connectivity index (χ0n) is 14.2. The quantitative estimate of drug-likeness (QED) is 0.836. The number of ether oxygens (including phenoxy) is 1. The molecular weight excluding hydrogens is 338 g/mol. The Morgan fingerprint density at radius 3 is 2.84 bits per heavy atom. The van der Waals surface area contributed by atoms with Crippen LogP contribution in [0.1, 0.15) is 48.0 Å². The molecular formula is C18H21N3O3S. The van der Waals surface area contributed by atoms with Gasteiger partial charge in [-0.25, -0.2) is 0 Å². The van der Waals surface area contributed by atoms with Gasteiger partial charge in [0.15, 0.2) is 0 Å². The Hall–Kier alpha value is -1.78. The van der Waals surface area contributed by atoms with Gasteiger partial charge >= 0.3 is 0 Å². The summed E-state index contributed by atoms with van der Waals surface area (Å²) in [7, 11) is 0. The average Bonchev–Trinajstić information content (AvgIpc) is 3.05. The summed E-state index contributed by atoms with van der Waals surface area (Å²) in [4.78, 5) is 29.9. The third-order valence-electron chi connectivity index (χ3n) is 5.94. The van der Waals surface area contributed by atoms with Gasteiger partial charge < -0.3 is 14.6 Å². The predicted molar refractivity (Wildman–Crippen MR) is 93.6 cm³/mol. The first-order valence-electron chi connectivity index (χ1n) is 8.73. The molecule has 1 aromatic heterocycles. The molecule has 6 nitrogen and oxygen atoms in total. The lowest BCUT2D eigenvalue weighted by Crippen LogP contribution is -2.72. The fraction of sp³-hybridized carbons (Fsp3) is 0.611. The highest BCUT2D eigenvalue weighted by Crippen LogP contribution is 2.55. The number of amides is 1. The molecule has 132 valence electrons. The number of hydrogen-bond donors (Lipinski definition) is 1. The number of aromatic nitrogens is 1. The van der Waals surface area contributed by atoms with Gasteiger partial charge in [0.1, 0.15) is 11.6 Å². The highest BCUT2D eigenvalue weighted by Gasteiger charge is 2.60. The van der Waals surface area contributed by atoms with Crippen LogP contribution in [0, 0.1) is 16.7 Å². The summed E-state index contributed by atoms with van der Waals surface area (Å²) >= 11 is 1.29.